The highest BCUT2D eigenvalue weighted by molar-refractivity contribution is 7.89. The molecule has 0 amide bonds. The van der Waals surface area contributed by atoms with Crippen molar-refractivity contribution in [3.8, 4) is 0 Å². The van der Waals surface area contributed by atoms with Crippen LogP contribution < -0.4 is 5.56 Å². The first-order valence-corrected chi connectivity index (χ1v) is 8.14. The van der Waals surface area contributed by atoms with E-state index in [1.54, 1.807) is 7.11 Å². The Hall–Kier alpha value is -0.890. The number of nitrogens with zero attached hydrogens (tertiary/aromatic N) is 1. The first kappa shape index (κ1) is 15.5. The summed E-state index contributed by atoms with van der Waals surface area (Å²) in [5.41, 5.74) is -0.496. The lowest BCUT2D eigenvalue weighted by atomic mass is 9.99. The van der Waals surface area contributed by atoms with Crippen LogP contribution in [0.1, 0.15) is 12.8 Å². The third-order valence-corrected chi connectivity index (χ3v) is 5.60. The number of methoxy groups -OCH3 is 1. The van der Waals surface area contributed by atoms with Crippen molar-refractivity contribution >= 4 is 21.6 Å². The highest BCUT2D eigenvalue weighted by Crippen LogP contribution is 2.24. The molecule has 0 radical (unpaired) electrons. The zero-order valence-electron chi connectivity index (χ0n) is 11.1. The van der Waals surface area contributed by atoms with Crippen molar-refractivity contribution in [1.82, 2.24) is 9.29 Å². The van der Waals surface area contributed by atoms with Gasteiger partial charge in [-0.1, -0.05) is 11.6 Å². The predicted octanol–water partition coefficient (Wildman–Crippen LogP) is 1.08. The Labute approximate surface area is 122 Å². The van der Waals surface area contributed by atoms with Crippen LogP contribution in [-0.4, -0.2) is 44.5 Å². The second-order valence-corrected chi connectivity index (χ2v) is 7.16. The Bertz CT molecular complexity index is 621. The summed E-state index contributed by atoms with van der Waals surface area (Å²) in [7, 11) is -1.96. The maximum atomic E-state index is 12.4. The van der Waals surface area contributed by atoms with Crippen molar-refractivity contribution in [3.05, 3.63) is 27.6 Å². The van der Waals surface area contributed by atoms with E-state index in [1.165, 1.54) is 16.6 Å². The number of aromatic amines is 1. The quantitative estimate of drug-likeness (QED) is 0.900. The summed E-state index contributed by atoms with van der Waals surface area (Å²) in [6.45, 7) is 1.55. The molecule has 1 N–H and O–H groups in total. The van der Waals surface area contributed by atoms with Crippen molar-refractivity contribution in [1.29, 1.82) is 0 Å². The zero-order valence-corrected chi connectivity index (χ0v) is 12.7. The Morgan fingerprint density at radius 1 is 1.45 bits per heavy atom. The lowest BCUT2D eigenvalue weighted by Crippen LogP contribution is -2.39. The minimum Gasteiger partial charge on any atom is -0.384 e. The standard InChI is InChI=1S/C12H17ClN2O4S/c1-19-8-9-2-4-15(5-3-9)20(17,18)10-6-11(13)12(16)14-7-10/h6-7,9H,2-5,8H2,1H3,(H,14,16). The van der Waals surface area contributed by atoms with Gasteiger partial charge in [0.1, 0.15) is 5.02 Å². The Balaban J connectivity index is 2.15. The molecular weight excluding hydrogens is 304 g/mol. The molecule has 6 nitrogen and oxygen atoms in total. The van der Waals surface area contributed by atoms with E-state index in [0.717, 1.165) is 12.8 Å². The van der Waals surface area contributed by atoms with Crippen LogP contribution in [0.5, 0.6) is 0 Å². The molecule has 2 heterocycles. The third kappa shape index (κ3) is 3.22. The summed E-state index contributed by atoms with van der Waals surface area (Å²) in [5.74, 6) is 0.394. The van der Waals surface area contributed by atoms with Gasteiger partial charge in [0.2, 0.25) is 10.0 Å². The van der Waals surface area contributed by atoms with Crippen molar-refractivity contribution in [2.75, 3.05) is 26.8 Å². The van der Waals surface area contributed by atoms with E-state index in [9.17, 15) is 13.2 Å². The summed E-state index contributed by atoms with van der Waals surface area (Å²) in [5, 5.41) is -0.125. The first-order chi connectivity index (χ1) is 9.45. The number of rotatable bonds is 4. The second-order valence-electron chi connectivity index (χ2n) is 4.82. The number of hydrogen-bond donors (Lipinski definition) is 1. The number of sulfonamides is 1. The predicted molar refractivity (Wildman–Crippen MR) is 75.4 cm³/mol. The highest BCUT2D eigenvalue weighted by atomic mass is 35.5. The van der Waals surface area contributed by atoms with E-state index in [4.69, 9.17) is 16.3 Å². The van der Waals surface area contributed by atoms with Gasteiger partial charge in [-0.2, -0.15) is 4.31 Å². The van der Waals surface area contributed by atoms with Crippen LogP contribution in [-0.2, 0) is 14.8 Å². The molecule has 0 saturated carbocycles. The van der Waals surface area contributed by atoms with Crippen molar-refractivity contribution in [3.63, 3.8) is 0 Å². The molecule has 1 fully saturated rings. The molecule has 112 valence electrons. The molecule has 1 aliphatic heterocycles. The van der Waals surface area contributed by atoms with E-state index in [2.05, 4.69) is 4.98 Å². The Morgan fingerprint density at radius 2 is 2.10 bits per heavy atom. The minimum absolute atomic E-state index is 0.0206. The van der Waals surface area contributed by atoms with E-state index in [1.807, 2.05) is 0 Å². The SMILES string of the molecule is COCC1CCN(S(=O)(=O)c2c[nH]c(=O)c(Cl)c2)CC1. The van der Waals surface area contributed by atoms with Crippen molar-refractivity contribution in [2.45, 2.75) is 17.7 Å². The molecule has 0 spiro atoms. The van der Waals surface area contributed by atoms with Crippen molar-refractivity contribution in [2.24, 2.45) is 5.92 Å². The van der Waals surface area contributed by atoms with Gasteiger partial charge < -0.3 is 9.72 Å². The van der Waals surface area contributed by atoms with Crippen LogP contribution in [0.15, 0.2) is 22.0 Å². The number of ether oxygens (including phenoxy) is 1. The number of hydrogen-bond acceptors (Lipinski definition) is 4. The Morgan fingerprint density at radius 3 is 2.65 bits per heavy atom. The fourth-order valence-corrected chi connectivity index (χ4v) is 3.99. The zero-order chi connectivity index (χ0) is 14.8. The largest absolute Gasteiger partial charge is 0.384 e. The summed E-state index contributed by atoms with van der Waals surface area (Å²) in [6, 6.07) is 1.19. The topological polar surface area (TPSA) is 79.5 Å². The minimum atomic E-state index is -3.60. The monoisotopic (exact) mass is 320 g/mol. The summed E-state index contributed by atoms with van der Waals surface area (Å²) in [6.07, 6.45) is 2.72. The molecule has 1 aromatic heterocycles. The lowest BCUT2D eigenvalue weighted by Gasteiger charge is -2.30. The molecule has 0 aliphatic carbocycles. The molecule has 2 rings (SSSR count). The van der Waals surface area contributed by atoms with Crippen LogP contribution in [0, 0.1) is 5.92 Å². The molecule has 1 aromatic rings. The summed E-state index contributed by atoms with van der Waals surface area (Å²) < 4.78 is 31.4. The number of halogens is 1. The lowest BCUT2D eigenvalue weighted by molar-refractivity contribution is 0.121. The smallest absolute Gasteiger partial charge is 0.266 e. The molecular formula is C12H17ClN2O4S. The van der Waals surface area contributed by atoms with Gasteiger partial charge in [-0.05, 0) is 24.8 Å². The summed E-state index contributed by atoms with van der Waals surface area (Å²) >= 11 is 5.68. The molecule has 1 aliphatic rings. The third-order valence-electron chi connectivity index (χ3n) is 3.45. The van der Waals surface area contributed by atoms with E-state index < -0.39 is 15.6 Å². The van der Waals surface area contributed by atoms with Gasteiger partial charge in [0, 0.05) is 33.0 Å². The van der Waals surface area contributed by atoms with Crippen LogP contribution in [0.3, 0.4) is 0 Å². The molecule has 20 heavy (non-hydrogen) atoms. The number of pyridine rings is 1. The average molecular weight is 321 g/mol. The van der Waals surface area contributed by atoms with Crippen LogP contribution in [0.25, 0.3) is 0 Å². The van der Waals surface area contributed by atoms with Crippen LogP contribution >= 0.6 is 11.6 Å². The van der Waals surface area contributed by atoms with Gasteiger partial charge >= 0.3 is 0 Å². The number of piperidine rings is 1. The summed E-state index contributed by atoms with van der Waals surface area (Å²) in [4.78, 5) is 13.5. The second kappa shape index (κ2) is 6.26. The van der Waals surface area contributed by atoms with Gasteiger partial charge in [-0.25, -0.2) is 8.42 Å². The van der Waals surface area contributed by atoms with E-state index >= 15 is 0 Å². The molecule has 1 saturated heterocycles. The first-order valence-electron chi connectivity index (χ1n) is 6.32. The van der Waals surface area contributed by atoms with Gasteiger partial charge in [0.05, 0.1) is 4.90 Å². The van der Waals surface area contributed by atoms with Crippen LogP contribution in [0.4, 0.5) is 0 Å². The van der Waals surface area contributed by atoms with E-state index in [-0.39, 0.29) is 9.92 Å². The maximum absolute atomic E-state index is 12.4. The van der Waals surface area contributed by atoms with Crippen molar-refractivity contribution < 1.29 is 13.2 Å². The fraction of sp³-hybridized carbons (Fsp3) is 0.583. The highest BCUT2D eigenvalue weighted by Gasteiger charge is 2.29. The Kier molecular flexibility index (Phi) is 4.85. The van der Waals surface area contributed by atoms with Gasteiger partial charge in [-0.3, -0.25) is 4.79 Å². The molecule has 0 atom stereocenters. The van der Waals surface area contributed by atoms with E-state index in [0.29, 0.717) is 25.6 Å². The average Bonchev–Trinajstić information content (AvgIpc) is 2.43. The maximum Gasteiger partial charge on any atom is 0.266 e. The number of H-pyrrole nitrogens is 1. The van der Waals surface area contributed by atoms with Crippen LogP contribution in [0.2, 0.25) is 5.02 Å². The molecule has 0 unspecified atom stereocenters. The molecule has 0 aromatic carbocycles. The number of nitrogens with one attached hydrogen (secondary N) is 1. The fourth-order valence-electron chi connectivity index (χ4n) is 2.29. The van der Waals surface area contributed by atoms with Gasteiger partial charge in [0.15, 0.2) is 0 Å². The molecule has 8 heteroatoms. The normalized spacial score (nSPS) is 18.3. The van der Waals surface area contributed by atoms with Gasteiger partial charge in [-0.15, -0.1) is 0 Å². The number of aromatic nitrogens is 1. The molecule has 0 bridgehead atoms. The van der Waals surface area contributed by atoms with Gasteiger partial charge in [0.25, 0.3) is 5.56 Å².